The number of ether oxygens (including phenoxy) is 1. The summed E-state index contributed by atoms with van der Waals surface area (Å²) in [4.78, 5) is 23.0. The molecule has 0 saturated heterocycles. The van der Waals surface area contributed by atoms with Crippen LogP contribution in [0.2, 0.25) is 0 Å². The first kappa shape index (κ1) is 16.5. The largest absolute Gasteiger partial charge is 0.481 e. The Kier molecular flexibility index (Phi) is 4.88. The number of carboxylic acids is 1. The van der Waals surface area contributed by atoms with E-state index in [1.54, 1.807) is 6.92 Å². The molecule has 6 heteroatoms. The van der Waals surface area contributed by atoms with Crippen molar-refractivity contribution in [2.75, 3.05) is 6.61 Å². The molecule has 0 bridgehead atoms. The lowest BCUT2D eigenvalue weighted by molar-refractivity contribution is -0.154. The van der Waals surface area contributed by atoms with E-state index in [1.807, 2.05) is 24.7 Å². The first-order chi connectivity index (χ1) is 10.3. The molecule has 0 aliphatic heterocycles. The van der Waals surface area contributed by atoms with Crippen LogP contribution in [0.3, 0.4) is 0 Å². The van der Waals surface area contributed by atoms with Gasteiger partial charge in [0.05, 0.1) is 23.6 Å². The molecule has 1 atom stereocenters. The number of esters is 1. The Balaban J connectivity index is 1.98. The van der Waals surface area contributed by atoms with Crippen LogP contribution in [-0.2, 0) is 33.7 Å². The zero-order chi connectivity index (χ0) is 16.3. The fourth-order valence-electron chi connectivity index (χ4n) is 2.71. The van der Waals surface area contributed by atoms with Crippen molar-refractivity contribution in [1.82, 2.24) is 9.78 Å². The van der Waals surface area contributed by atoms with E-state index in [4.69, 9.17) is 9.84 Å². The molecule has 0 fully saturated rings. The molecule has 0 aromatic carbocycles. The van der Waals surface area contributed by atoms with Crippen LogP contribution in [0.5, 0.6) is 0 Å². The second kappa shape index (κ2) is 6.50. The van der Waals surface area contributed by atoms with Crippen LogP contribution in [0.1, 0.15) is 44.9 Å². The first-order valence-corrected chi connectivity index (χ1v) is 7.78. The van der Waals surface area contributed by atoms with E-state index >= 15 is 0 Å². The Morgan fingerprint density at radius 3 is 2.86 bits per heavy atom. The highest BCUT2D eigenvalue weighted by molar-refractivity contribution is 5.75. The van der Waals surface area contributed by atoms with E-state index in [9.17, 15) is 9.59 Å². The smallest absolute Gasteiger partial charge is 0.311 e. The summed E-state index contributed by atoms with van der Waals surface area (Å²) in [6, 6.07) is 0. The molecule has 2 rings (SSSR count). The van der Waals surface area contributed by atoms with Crippen LogP contribution in [0.4, 0.5) is 0 Å². The summed E-state index contributed by atoms with van der Waals surface area (Å²) in [5, 5.41) is 13.6. The maximum atomic E-state index is 11.9. The average molecular weight is 308 g/mol. The summed E-state index contributed by atoms with van der Waals surface area (Å²) >= 11 is 0. The monoisotopic (exact) mass is 308 g/mol. The van der Waals surface area contributed by atoms with Gasteiger partial charge < -0.3 is 9.84 Å². The summed E-state index contributed by atoms with van der Waals surface area (Å²) in [5.74, 6) is -1.24. The van der Waals surface area contributed by atoms with Crippen LogP contribution in [0.25, 0.3) is 0 Å². The quantitative estimate of drug-likeness (QED) is 0.813. The summed E-state index contributed by atoms with van der Waals surface area (Å²) in [5.41, 5.74) is 1.46. The number of carbonyl (C=O) groups excluding carboxylic acids is 1. The number of carbonyl (C=O) groups is 2. The zero-order valence-electron chi connectivity index (χ0n) is 13.5. The predicted molar refractivity (Wildman–Crippen MR) is 80.4 cm³/mol. The third kappa shape index (κ3) is 3.67. The molecule has 1 aromatic rings. The number of fused-ring (bicyclic) bond motifs is 1. The van der Waals surface area contributed by atoms with E-state index in [-0.39, 0.29) is 11.9 Å². The third-order valence-electron chi connectivity index (χ3n) is 4.26. The van der Waals surface area contributed by atoms with E-state index in [1.165, 1.54) is 0 Å². The summed E-state index contributed by atoms with van der Waals surface area (Å²) in [6.45, 7) is 6.55. The second-order valence-electron chi connectivity index (χ2n) is 6.50. The number of carboxylic acid groups (broad SMARTS) is 1. The van der Waals surface area contributed by atoms with Gasteiger partial charge in [0.25, 0.3) is 0 Å². The highest BCUT2D eigenvalue weighted by Gasteiger charge is 2.30. The number of hydrogen-bond acceptors (Lipinski definition) is 4. The highest BCUT2D eigenvalue weighted by atomic mass is 16.5. The average Bonchev–Trinajstić information content (AvgIpc) is 2.87. The van der Waals surface area contributed by atoms with Gasteiger partial charge >= 0.3 is 11.9 Å². The minimum atomic E-state index is -0.734. The first-order valence-electron chi connectivity index (χ1n) is 7.78. The van der Waals surface area contributed by atoms with Gasteiger partial charge in [0.15, 0.2) is 0 Å². The van der Waals surface area contributed by atoms with E-state index in [0.717, 1.165) is 11.3 Å². The van der Waals surface area contributed by atoms with Gasteiger partial charge in [0, 0.05) is 12.7 Å². The van der Waals surface area contributed by atoms with Crippen LogP contribution in [0, 0.1) is 11.3 Å². The van der Waals surface area contributed by atoms with Crippen LogP contribution < -0.4 is 0 Å². The number of rotatable bonds is 6. The standard InChI is InChI=1S/C16H24N2O4/c1-4-22-15(21)16(2,3)7-8-18-10-12-9-11(14(19)20)5-6-13(12)17-18/h10-11H,4-9H2,1-3H3,(H,19,20). The summed E-state index contributed by atoms with van der Waals surface area (Å²) in [7, 11) is 0. The number of aryl methyl sites for hydroxylation is 2. The lowest BCUT2D eigenvalue weighted by Gasteiger charge is -2.21. The van der Waals surface area contributed by atoms with Crippen molar-refractivity contribution in [2.45, 2.75) is 53.0 Å². The van der Waals surface area contributed by atoms with Gasteiger partial charge in [0.1, 0.15) is 0 Å². The molecular formula is C16H24N2O4. The van der Waals surface area contributed by atoms with Crippen molar-refractivity contribution in [2.24, 2.45) is 11.3 Å². The third-order valence-corrected chi connectivity index (χ3v) is 4.26. The van der Waals surface area contributed by atoms with Gasteiger partial charge in [-0.25, -0.2) is 0 Å². The van der Waals surface area contributed by atoms with Crippen molar-refractivity contribution < 1.29 is 19.4 Å². The van der Waals surface area contributed by atoms with Gasteiger partial charge in [0.2, 0.25) is 0 Å². The molecule has 1 unspecified atom stereocenters. The second-order valence-corrected chi connectivity index (χ2v) is 6.50. The van der Waals surface area contributed by atoms with Crippen molar-refractivity contribution in [3.63, 3.8) is 0 Å². The molecule has 0 saturated carbocycles. The minimum Gasteiger partial charge on any atom is -0.481 e. The summed E-state index contributed by atoms with van der Waals surface area (Å²) in [6.07, 6.45) is 4.46. The van der Waals surface area contributed by atoms with Crippen LogP contribution in [-0.4, -0.2) is 33.4 Å². The highest BCUT2D eigenvalue weighted by Crippen LogP contribution is 2.27. The molecule has 6 nitrogen and oxygen atoms in total. The van der Waals surface area contributed by atoms with Gasteiger partial charge in [-0.2, -0.15) is 5.10 Å². The minimum absolute atomic E-state index is 0.196. The van der Waals surface area contributed by atoms with Crippen molar-refractivity contribution in [3.05, 3.63) is 17.5 Å². The molecule has 1 aliphatic rings. The molecular weight excluding hydrogens is 284 g/mol. The fraction of sp³-hybridized carbons (Fsp3) is 0.688. The van der Waals surface area contributed by atoms with E-state index in [2.05, 4.69) is 5.10 Å². The fourth-order valence-corrected chi connectivity index (χ4v) is 2.71. The van der Waals surface area contributed by atoms with Gasteiger partial charge in [-0.3, -0.25) is 14.3 Å². The van der Waals surface area contributed by atoms with Gasteiger partial charge in [-0.15, -0.1) is 0 Å². The molecule has 0 radical (unpaired) electrons. The Morgan fingerprint density at radius 2 is 2.23 bits per heavy atom. The Bertz CT molecular complexity index is 562. The lowest BCUT2D eigenvalue weighted by Crippen LogP contribution is -2.28. The van der Waals surface area contributed by atoms with Crippen molar-refractivity contribution >= 4 is 11.9 Å². The molecule has 1 aromatic heterocycles. The van der Waals surface area contributed by atoms with Crippen LogP contribution >= 0.6 is 0 Å². The lowest BCUT2D eigenvalue weighted by atomic mass is 9.88. The molecule has 0 amide bonds. The zero-order valence-corrected chi connectivity index (χ0v) is 13.5. The van der Waals surface area contributed by atoms with Crippen molar-refractivity contribution in [1.29, 1.82) is 0 Å². The Morgan fingerprint density at radius 1 is 1.50 bits per heavy atom. The molecule has 0 spiro atoms. The maximum absolute atomic E-state index is 11.9. The van der Waals surface area contributed by atoms with Gasteiger partial charge in [-0.05, 0) is 52.0 Å². The predicted octanol–water partition coefficient (Wildman–Crippen LogP) is 2.05. The molecule has 1 heterocycles. The SMILES string of the molecule is CCOC(=O)C(C)(C)CCn1cc2c(n1)CCC(C(=O)O)C2. The maximum Gasteiger partial charge on any atom is 0.311 e. The Hall–Kier alpha value is -1.85. The Labute approximate surface area is 130 Å². The molecule has 122 valence electrons. The topological polar surface area (TPSA) is 81.4 Å². The summed E-state index contributed by atoms with van der Waals surface area (Å²) < 4.78 is 6.91. The number of aliphatic carboxylic acids is 1. The molecule has 1 aliphatic carbocycles. The molecule has 1 N–H and O–H groups in total. The molecule has 22 heavy (non-hydrogen) atoms. The normalized spacial score (nSPS) is 17.9. The number of hydrogen-bond donors (Lipinski definition) is 1. The van der Waals surface area contributed by atoms with E-state index < -0.39 is 11.4 Å². The number of aromatic nitrogens is 2. The van der Waals surface area contributed by atoms with Crippen LogP contribution in [0.15, 0.2) is 6.20 Å². The van der Waals surface area contributed by atoms with Crippen molar-refractivity contribution in [3.8, 4) is 0 Å². The van der Waals surface area contributed by atoms with E-state index in [0.29, 0.717) is 38.8 Å². The van der Waals surface area contributed by atoms with Gasteiger partial charge in [-0.1, -0.05) is 0 Å². The number of nitrogens with zero attached hydrogens (tertiary/aromatic N) is 2.